The fourth-order valence-electron chi connectivity index (χ4n) is 1.02. The molecule has 1 unspecified atom stereocenters. The highest BCUT2D eigenvalue weighted by Gasteiger charge is 2.07. The first kappa shape index (κ1) is 13.5. The largest absolute Gasteiger partial charge is 0.480 e. The number of alkyl halides is 1. The predicted molar refractivity (Wildman–Crippen MR) is 66.3 cm³/mol. The van der Waals surface area contributed by atoms with E-state index in [9.17, 15) is 0 Å². The van der Waals surface area contributed by atoms with Crippen LogP contribution in [0.15, 0.2) is 10.7 Å². The molecule has 90 valence electrons. The van der Waals surface area contributed by atoms with Crippen LogP contribution in [0.25, 0.3) is 0 Å². The fraction of sp³-hybridized carbons (Fsp3) is 0.556. The molecule has 16 heavy (non-hydrogen) atoms. The van der Waals surface area contributed by atoms with Crippen LogP contribution in [0, 0.1) is 0 Å². The fourth-order valence-corrected chi connectivity index (χ4v) is 1.58. The lowest BCUT2D eigenvalue weighted by atomic mass is 10.4. The van der Waals surface area contributed by atoms with Crippen molar-refractivity contribution in [3.05, 3.63) is 10.7 Å². The lowest BCUT2D eigenvalue weighted by molar-refractivity contribution is 0.200. The zero-order chi connectivity index (χ0) is 12.0. The Morgan fingerprint density at radius 1 is 1.56 bits per heavy atom. The molecule has 0 aliphatic rings. The predicted octanol–water partition coefficient (Wildman–Crippen LogP) is 1.91. The molecule has 0 spiro atoms. The monoisotopic (exact) mass is 309 g/mol. The van der Waals surface area contributed by atoms with Gasteiger partial charge in [-0.1, -0.05) is 0 Å². The van der Waals surface area contributed by atoms with Crippen molar-refractivity contribution in [2.75, 3.05) is 32.7 Å². The minimum Gasteiger partial charge on any atom is -0.480 e. The third-order valence-corrected chi connectivity index (χ3v) is 2.56. The molecule has 1 N–H and O–H groups in total. The Balaban J connectivity index is 2.54. The Morgan fingerprint density at radius 2 is 2.31 bits per heavy atom. The Kier molecular flexibility index (Phi) is 5.79. The number of nitrogens with one attached hydrogen (secondary N) is 1. The van der Waals surface area contributed by atoms with Crippen molar-refractivity contribution in [1.82, 2.24) is 9.97 Å². The van der Waals surface area contributed by atoms with E-state index in [1.54, 1.807) is 20.4 Å². The van der Waals surface area contributed by atoms with Crippen molar-refractivity contribution < 1.29 is 9.47 Å². The summed E-state index contributed by atoms with van der Waals surface area (Å²) in [5.74, 6) is 0.956. The topological polar surface area (TPSA) is 56.3 Å². The summed E-state index contributed by atoms with van der Waals surface area (Å²) in [5.41, 5.74) is 0. The summed E-state index contributed by atoms with van der Waals surface area (Å²) in [7, 11) is 3.15. The van der Waals surface area contributed by atoms with E-state index in [2.05, 4.69) is 31.2 Å². The van der Waals surface area contributed by atoms with Gasteiger partial charge in [-0.05, 0) is 15.9 Å². The Bertz CT molecular complexity index is 341. The molecule has 5 nitrogen and oxygen atoms in total. The molecule has 0 fully saturated rings. The molecular formula is C9H13BrClN3O2. The first-order valence-electron chi connectivity index (χ1n) is 4.60. The Morgan fingerprint density at radius 3 is 2.94 bits per heavy atom. The molecule has 0 aliphatic heterocycles. The maximum atomic E-state index is 5.95. The van der Waals surface area contributed by atoms with Crippen molar-refractivity contribution in [2.45, 2.75) is 5.38 Å². The number of aromatic nitrogens is 2. The standard InChI is InChI=1S/C9H13BrClN3O2/c1-15-5-6(11)3-12-9-13-4-7(10)8(14-9)16-2/h4,6H,3,5H2,1-2H3,(H,12,13,14). The average Bonchev–Trinajstić information content (AvgIpc) is 2.28. The summed E-state index contributed by atoms with van der Waals surface area (Å²) in [6.45, 7) is 1.00. The molecule has 0 bridgehead atoms. The number of halogens is 2. The number of ether oxygens (including phenoxy) is 2. The Labute approximate surface area is 108 Å². The molecule has 0 aromatic carbocycles. The molecule has 0 radical (unpaired) electrons. The van der Waals surface area contributed by atoms with E-state index < -0.39 is 0 Å². The molecular weight excluding hydrogens is 297 g/mol. The Hall–Kier alpha value is -0.590. The first-order valence-corrected chi connectivity index (χ1v) is 5.83. The normalized spacial score (nSPS) is 12.2. The van der Waals surface area contributed by atoms with Crippen LogP contribution in [0.2, 0.25) is 0 Å². The lowest BCUT2D eigenvalue weighted by Gasteiger charge is -2.10. The molecule has 1 heterocycles. The summed E-state index contributed by atoms with van der Waals surface area (Å²) in [6.07, 6.45) is 1.62. The van der Waals surface area contributed by atoms with Crippen LogP contribution in [0.5, 0.6) is 5.88 Å². The van der Waals surface area contributed by atoms with Gasteiger partial charge >= 0.3 is 0 Å². The smallest absolute Gasteiger partial charge is 0.232 e. The third kappa shape index (κ3) is 4.11. The molecule has 1 rings (SSSR count). The minimum absolute atomic E-state index is 0.122. The number of anilines is 1. The third-order valence-electron chi connectivity index (χ3n) is 1.73. The summed E-state index contributed by atoms with van der Waals surface area (Å²) in [5, 5.41) is 2.87. The van der Waals surface area contributed by atoms with E-state index >= 15 is 0 Å². The zero-order valence-corrected chi connectivity index (χ0v) is 11.4. The van der Waals surface area contributed by atoms with Crippen molar-refractivity contribution in [3.63, 3.8) is 0 Å². The van der Waals surface area contributed by atoms with Crippen LogP contribution in [0.3, 0.4) is 0 Å². The highest BCUT2D eigenvalue weighted by Crippen LogP contribution is 2.21. The van der Waals surface area contributed by atoms with Gasteiger partial charge in [-0.15, -0.1) is 11.6 Å². The maximum Gasteiger partial charge on any atom is 0.232 e. The second-order valence-corrected chi connectivity index (χ2v) is 4.46. The van der Waals surface area contributed by atoms with Gasteiger partial charge in [-0.2, -0.15) is 4.98 Å². The van der Waals surface area contributed by atoms with Crippen LogP contribution in [-0.4, -0.2) is 42.7 Å². The van der Waals surface area contributed by atoms with Crippen molar-refractivity contribution >= 4 is 33.5 Å². The molecule has 1 aromatic heterocycles. The molecule has 7 heteroatoms. The van der Waals surface area contributed by atoms with Crippen molar-refractivity contribution in [2.24, 2.45) is 0 Å². The van der Waals surface area contributed by atoms with Gasteiger partial charge in [0.25, 0.3) is 0 Å². The zero-order valence-electron chi connectivity index (χ0n) is 9.04. The van der Waals surface area contributed by atoms with Gasteiger partial charge in [0, 0.05) is 13.7 Å². The average molecular weight is 311 g/mol. The molecule has 0 saturated carbocycles. The van der Waals surface area contributed by atoms with Crippen LogP contribution in [-0.2, 0) is 4.74 Å². The first-order chi connectivity index (χ1) is 7.67. The van der Waals surface area contributed by atoms with Crippen LogP contribution in [0.4, 0.5) is 5.95 Å². The van der Waals surface area contributed by atoms with Gasteiger partial charge in [-0.3, -0.25) is 0 Å². The van der Waals surface area contributed by atoms with Gasteiger partial charge < -0.3 is 14.8 Å². The second-order valence-electron chi connectivity index (χ2n) is 2.98. The minimum atomic E-state index is -0.122. The van der Waals surface area contributed by atoms with E-state index in [4.69, 9.17) is 21.1 Å². The van der Waals surface area contributed by atoms with Crippen LogP contribution in [0.1, 0.15) is 0 Å². The van der Waals surface area contributed by atoms with Gasteiger partial charge in [0.05, 0.1) is 29.8 Å². The van der Waals surface area contributed by atoms with E-state index in [1.165, 1.54) is 0 Å². The van der Waals surface area contributed by atoms with E-state index in [-0.39, 0.29) is 5.38 Å². The number of nitrogens with zero attached hydrogens (tertiary/aromatic N) is 2. The van der Waals surface area contributed by atoms with Gasteiger partial charge in [0.2, 0.25) is 11.8 Å². The van der Waals surface area contributed by atoms with Crippen molar-refractivity contribution in [3.8, 4) is 5.88 Å². The van der Waals surface area contributed by atoms with Crippen LogP contribution < -0.4 is 10.1 Å². The summed E-state index contributed by atoms with van der Waals surface area (Å²) >= 11 is 9.22. The molecule has 1 atom stereocenters. The SMILES string of the molecule is COCC(Cl)CNc1ncc(Br)c(OC)n1. The van der Waals surface area contributed by atoms with Crippen LogP contribution >= 0.6 is 27.5 Å². The number of hydrogen-bond acceptors (Lipinski definition) is 5. The van der Waals surface area contributed by atoms with Gasteiger partial charge in [-0.25, -0.2) is 4.98 Å². The highest BCUT2D eigenvalue weighted by molar-refractivity contribution is 9.10. The van der Waals surface area contributed by atoms with Gasteiger partial charge in [0.1, 0.15) is 0 Å². The van der Waals surface area contributed by atoms with E-state index in [0.717, 1.165) is 0 Å². The van der Waals surface area contributed by atoms with Crippen molar-refractivity contribution in [1.29, 1.82) is 0 Å². The van der Waals surface area contributed by atoms with E-state index in [1.807, 2.05) is 0 Å². The number of rotatable bonds is 6. The quantitative estimate of drug-likeness (QED) is 0.814. The number of methoxy groups -OCH3 is 2. The second kappa shape index (κ2) is 6.88. The summed E-state index contributed by atoms with van der Waals surface area (Å²) in [6, 6.07) is 0. The molecule has 1 aromatic rings. The molecule has 0 amide bonds. The number of hydrogen-bond donors (Lipinski definition) is 1. The molecule has 0 saturated heterocycles. The maximum absolute atomic E-state index is 5.95. The highest BCUT2D eigenvalue weighted by atomic mass is 79.9. The van der Waals surface area contributed by atoms with Gasteiger partial charge in [0.15, 0.2) is 0 Å². The molecule has 0 aliphatic carbocycles. The van der Waals surface area contributed by atoms with E-state index in [0.29, 0.717) is 29.5 Å². The summed E-state index contributed by atoms with van der Waals surface area (Å²) in [4.78, 5) is 8.20. The summed E-state index contributed by atoms with van der Waals surface area (Å²) < 4.78 is 10.7. The lowest BCUT2D eigenvalue weighted by Crippen LogP contribution is -2.20.